The Bertz CT molecular complexity index is 1370. The zero-order valence-corrected chi connectivity index (χ0v) is 18.9. The summed E-state index contributed by atoms with van der Waals surface area (Å²) in [5, 5.41) is 15.3. The summed E-state index contributed by atoms with van der Waals surface area (Å²) >= 11 is 0. The molecule has 0 fully saturated rings. The molecule has 1 unspecified atom stereocenters. The van der Waals surface area contributed by atoms with Crippen molar-refractivity contribution in [3.63, 3.8) is 0 Å². The Morgan fingerprint density at radius 1 is 0.971 bits per heavy atom. The molecule has 172 valence electrons. The van der Waals surface area contributed by atoms with E-state index in [1.54, 1.807) is 24.4 Å². The Balaban J connectivity index is 1.89. The van der Waals surface area contributed by atoms with E-state index in [0.29, 0.717) is 22.5 Å². The van der Waals surface area contributed by atoms with E-state index >= 15 is 0 Å². The molecule has 2 heterocycles. The number of aromatic nitrogens is 2. The van der Waals surface area contributed by atoms with E-state index in [2.05, 4.69) is 15.3 Å². The Hall–Kier alpha value is -4.46. The van der Waals surface area contributed by atoms with Gasteiger partial charge in [-0.15, -0.1) is 0 Å². The minimum Gasteiger partial charge on any atom is -0.505 e. The molecule has 8 nitrogen and oxygen atoms in total. The van der Waals surface area contributed by atoms with Crippen LogP contribution in [0.1, 0.15) is 43.7 Å². The lowest BCUT2D eigenvalue weighted by molar-refractivity contribution is 0.0587. The van der Waals surface area contributed by atoms with Gasteiger partial charge in [-0.25, -0.2) is 14.6 Å². The van der Waals surface area contributed by atoms with Gasteiger partial charge in [0.25, 0.3) is 0 Å². The molecule has 2 aromatic carbocycles. The number of carbonyl (C=O) groups is 2. The highest BCUT2D eigenvalue weighted by molar-refractivity contribution is 5.99. The van der Waals surface area contributed by atoms with Gasteiger partial charge < -0.3 is 19.9 Å². The molecule has 4 aromatic rings. The standard InChI is InChI=1S/C26H23N3O5/c1-15-7-8-16-9-12-19(24(30)22(16)28-15)23(20-6-4-5-13-27-20)29-21-14-17(25(31)33-2)10-11-18(21)26(32)34-3/h4-14,23,29-30H,1-3H3. The van der Waals surface area contributed by atoms with Gasteiger partial charge in [-0.2, -0.15) is 0 Å². The van der Waals surface area contributed by atoms with Crippen molar-refractivity contribution in [1.82, 2.24) is 9.97 Å². The molecule has 0 aliphatic carbocycles. The second kappa shape index (κ2) is 9.58. The summed E-state index contributed by atoms with van der Waals surface area (Å²) in [5.41, 5.74) is 3.09. The highest BCUT2D eigenvalue weighted by Gasteiger charge is 2.24. The van der Waals surface area contributed by atoms with Crippen LogP contribution < -0.4 is 5.32 Å². The van der Waals surface area contributed by atoms with Crippen LogP contribution in [-0.4, -0.2) is 41.2 Å². The summed E-state index contributed by atoms with van der Waals surface area (Å²) in [7, 11) is 2.56. The molecule has 0 aliphatic rings. The van der Waals surface area contributed by atoms with Crippen LogP contribution >= 0.6 is 0 Å². The molecule has 34 heavy (non-hydrogen) atoms. The van der Waals surface area contributed by atoms with Crippen molar-refractivity contribution in [3.8, 4) is 5.75 Å². The van der Waals surface area contributed by atoms with Crippen LogP contribution in [0.4, 0.5) is 5.69 Å². The summed E-state index contributed by atoms with van der Waals surface area (Å²) in [6.45, 7) is 1.85. The van der Waals surface area contributed by atoms with E-state index in [9.17, 15) is 14.7 Å². The molecule has 8 heteroatoms. The molecule has 0 amide bonds. The Kier molecular flexibility index (Phi) is 6.40. The number of pyridine rings is 2. The SMILES string of the molecule is COC(=O)c1ccc(C(=O)OC)c(NC(c2ccccn2)c2ccc3ccc(C)nc3c2O)c1. The van der Waals surface area contributed by atoms with E-state index in [4.69, 9.17) is 9.47 Å². The van der Waals surface area contributed by atoms with Crippen LogP contribution in [-0.2, 0) is 9.47 Å². The molecular formula is C26H23N3O5. The molecule has 1 atom stereocenters. The second-order valence-corrected chi connectivity index (χ2v) is 7.60. The number of nitrogens with one attached hydrogen (secondary N) is 1. The molecule has 0 aliphatic heterocycles. The Morgan fingerprint density at radius 2 is 1.74 bits per heavy atom. The minimum atomic E-state index is -0.677. The number of esters is 2. The molecule has 0 saturated carbocycles. The minimum absolute atomic E-state index is 0.00639. The number of phenols is 1. The third kappa shape index (κ3) is 4.38. The quantitative estimate of drug-likeness (QED) is 0.410. The van der Waals surface area contributed by atoms with E-state index in [-0.39, 0.29) is 16.9 Å². The van der Waals surface area contributed by atoms with Gasteiger partial charge in [0.05, 0.1) is 42.8 Å². The Morgan fingerprint density at radius 3 is 2.44 bits per heavy atom. The third-order valence-electron chi connectivity index (χ3n) is 5.45. The van der Waals surface area contributed by atoms with Gasteiger partial charge in [0.1, 0.15) is 11.3 Å². The third-order valence-corrected chi connectivity index (χ3v) is 5.45. The van der Waals surface area contributed by atoms with Crippen LogP contribution in [0.2, 0.25) is 0 Å². The van der Waals surface area contributed by atoms with Crippen molar-refractivity contribution < 1.29 is 24.2 Å². The summed E-state index contributed by atoms with van der Waals surface area (Å²) in [5.74, 6) is -1.14. The van der Waals surface area contributed by atoms with Gasteiger partial charge in [-0.3, -0.25) is 4.98 Å². The number of carbonyl (C=O) groups excluding carboxylic acids is 2. The first-order valence-electron chi connectivity index (χ1n) is 10.5. The van der Waals surface area contributed by atoms with Crippen molar-refractivity contribution in [2.24, 2.45) is 0 Å². The highest BCUT2D eigenvalue weighted by Crippen LogP contribution is 2.37. The lowest BCUT2D eigenvalue weighted by Gasteiger charge is -2.23. The smallest absolute Gasteiger partial charge is 0.339 e. The molecule has 2 N–H and O–H groups in total. The second-order valence-electron chi connectivity index (χ2n) is 7.60. The summed E-state index contributed by atoms with van der Waals surface area (Å²) < 4.78 is 9.75. The van der Waals surface area contributed by atoms with Crippen molar-refractivity contribution in [1.29, 1.82) is 0 Å². The van der Waals surface area contributed by atoms with Gasteiger partial charge >= 0.3 is 11.9 Å². The molecular weight excluding hydrogens is 434 g/mol. The topological polar surface area (TPSA) is 111 Å². The number of rotatable bonds is 6. The number of nitrogens with zero attached hydrogens (tertiary/aromatic N) is 2. The predicted molar refractivity (Wildman–Crippen MR) is 127 cm³/mol. The number of ether oxygens (including phenoxy) is 2. The van der Waals surface area contributed by atoms with Crippen LogP contribution in [0.3, 0.4) is 0 Å². The number of aryl methyl sites for hydroxylation is 1. The van der Waals surface area contributed by atoms with E-state index in [1.807, 2.05) is 31.2 Å². The van der Waals surface area contributed by atoms with Crippen LogP contribution in [0.5, 0.6) is 5.75 Å². The molecule has 4 rings (SSSR count). The van der Waals surface area contributed by atoms with Gasteiger partial charge in [0.2, 0.25) is 0 Å². The van der Waals surface area contributed by atoms with E-state index in [1.165, 1.54) is 32.4 Å². The molecule has 0 bridgehead atoms. The fraction of sp³-hybridized carbons (Fsp3) is 0.154. The number of hydrogen-bond acceptors (Lipinski definition) is 8. The number of hydrogen-bond donors (Lipinski definition) is 2. The lowest BCUT2D eigenvalue weighted by atomic mass is 9.98. The molecule has 0 radical (unpaired) electrons. The number of anilines is 1. The van der Waals surface area contributed by atoms with Crippen LogP contribution in [0.25, 0.3) is 10.9 Å². The normalized spacial score (nSPS) is 11.6. The predicted octanol–water partition coefficient (Wildman–Crippen LogP) is 4.42. The lowest BCUT2D eigenvalue weighted by Crippen LogP contribution is -2.17. The largest absolute Gasteiger partial charge is 0.505 e. The maximum Gasteiger partial charge on any atom is 0.339 e. The van der Waals surface area contributed by atoms with Crippen molar-refractivity contribution in [2.75, 3.05) is 19.5 Å². The van der Waals surface area contributed by atoms with Gasteiger partial charge in [-0.1, -0.05) is 24.3 Å². The van der Waals surface area contributed by atoms with E-state index in [0.717, 1.165) is 11.1 Å². The summed E-state index contributed by atoms with van der Waals surface area (Å²) in [6.07, 6.45) is 1.64. The Labute approximate surface area is 196 Å². The number of aromatic hydroxyl groups is 1. The average molecular weight is 457 g/mol. The maximum atomic E-state index is 12.5. The first kappa shape index (κ1) is 22.7. The van der Waals surface area contributed by atoms with Gasteiger partial charge in [-0.05, 0) is 43.3 Å². The van der Waals surface area contributed by atoms with Gasteiger partial charge in [0, 0.05) is 22.8 Å². The van der Waals surface area contributed by atoms with Crippen molar-refractivity contribution >= 4 is 28.5 Å². The number of methoxy groups -OCH3 is 2. The first-order valence-corrected chi connectivity index (χ1v) is 10.5. The number of fused-ring (bicyclic) bond motifs is 1. The summed E-state index contributed by atoms with van der Waals surface area (Å²) in [4.78, 5) is 33.6. The first-order chi connectivity index (χ1) is 16.4. The van der Waals surface area contributed by atoms with Crippen LogP contribution in [0, 0.1) is 6.92 Å². The van der Waals surface area contributed by atoms with Crippen molar-refractivity contribution in [3.05, 3.63) is 94.9 Å². The molecule has 0 saturated heterocycles. The van der Waals surface area contributed by atoms with Gasteiger partial charge in [0.15, 0.2) is 0 Å². The van der Waals surface area contributed by atoms with Crippen LogP contribution in [0.15, 0.2) is 66.9 Å². The maximum absolute atomic E-state index is 12.5. The fourth-order valence-electron chi connectivity index (χ4n) is 3.73. The highest BCUT2D eigenvalue weighted by atomic mass is 16.5. The molecule has 0 spiro atoms. The van der Waals surface area contributed by atoms with E-state index < -0.39 is 18.0 Å². The average Bonchev–Trinajstić information content (AvgIpc) is 2.87. The molecule has 2 aromatic heterocycles. The zero-order valence-electron chi connectivity index (χ0n) is 18.9. The zero-order chi connectivity index (χ0) is 24.2. The fourth-order valence-corrected chi connectivity index (χ4v) is 3.73. The monoisotopic (exact) mass is 457 g/mol. The number of benzene rings is 2. The number of phenolic OH excluding ortho intramolecular Hbond substituents is 1. The van der Waals surface area contributed by atoms with Crippen molar-refractivity contribution in [2.45, 2.75) is 13.0 Å². The summed E-state index contributed by atoms with van der Waals surface area (Å²) in [6, 6.07) is 16.6.